The Bertz CT molecular complexity index is 1140. The molecule has 2 aromatic carbocycles. The summed E-state index contributed by atoms with van der Waals surface area (Å²) >= 11 is 0. The average Bonchev–Trinajstić information content (AvgIpc) is 2.93. The maximum atomic E-state index is 15.0. The molecule has 0 aliphatic carbocycles. The van der Waals surface area contributed by atoms with E-state index in [9.17, 15) is 5.11 Å². The molecule has 1 aromatic heterocycles. The van der Waals surface area contributed by atoms with Gasteiger partial charge in [0.2, 0.25) is 0 Å². The van der Waals surface area contributed by atoms with E-state index in [4.69, 9.17) is 14.2 Å². The molecule has 2 N–H and O–H groups in total. The second-order valence-electron chi connectivity index (χ2n) is 8.83. The third-order valence-corrected chi connectivity index (χ3v) is 6.56. The van der Waals surface area contributed by atoms with Gasteiger partial charge in [0.15, 0.2) is 11.5 Å². The molecule has 0 radical (unpaired) electrons. The first-order valence-corrected chi connectivity index (χ1v) is 12.7. The number of halogens is 1. The predicted molar refractivity (Wildman–Crippen MR) is 139 cm³/mol. The molecular formula is C28H36FN3O4. The number of fused-ring (bicyclic) bond motifs is 2. The Morgan fingerprint density at radius 3 is 2.75 bits per heavy atom. The van der Waals surface area contributed by atoms with E-state index in [2.05, 4.69) is 10.3 Å². The van der Waals surface area contributed by atoms with Crippen LogP contribution < -0.4 is 19.5 Å². The lowest BCUT2D eigenvalue weighted by Crippen LogP contribution is -2.51. The molecule has 2 aliphatic rings. The Morgan fingerprint density at radius 2 is 1.97 bits per heavy atom. The van der Waals surface area contributed by atoms with E-state index >= 15 is 4.39 Å². The first kappa shape index (κ1) is 26.1. The van der Waals surface area contributed by atoms with Crippen LogP contribution in [-0.4, -0.2) is 67.2 Å². The fourth-order valence-electron chi connectivity index (χ4n) is 4.71. The molecule has 3 unspecified atom stereocenters. The highest BCUT2D eigenvalue weighted by Gasteiger charge is 2.30. The van der Waals surface area contributed by atoms with Gasteiger partial charge in [0.05, 0.1) is 24.9 Å². The number of hydrogen-bond donors (Lipinski definition) is 2. The lowest BCUT2D eigenvalue weighted by Gasteiger charge is -2.36. The van der Waals surface area contributed by atoms with E-state index < -0.39 is 12.3 Å². The molecule has 3 atom stereocenters. The van der Waals surface area contributed by atoms with Crippen LogP contribution in [0.25, 0.3) is 10.9 Å². The van der Waals surface area contributed by atoms with Crippen LogP contribution in [0, 0.1) is 0 Å². The molecular weight excluding hydrogens is 461 g/mol. The fraction of sp³-hybridized carbons (Fsp3) is 0.464. The summed E-state index contributed by atoms with van der Waals surface area (Å²) < 4.78 is 31.5. The van der Waals surface area contributed by atoms with Gasteiger partial charge in [-0.05, 0) is 48.4 Å². The number of aliphatic hydroxyl groups is 1. The van der Waals surface area contributed by atoms with Crippen molar-refractivity contribution in [3.05, 3.63) is 59.8 Å². The molecule has 0 bridgehead atoms. The topological polar surface area (TPSA) is 76.1 Å². The number of methoxy groups -OCH3 is 1. The number of aliphatic hydroxyl groups excluding tert-OH is 1. The second-order valence-corrected chi connectivity index (χ2v) is 8.83. The molecule has 0 spiro atoms. The molecule has 0 amide bonds. The second kappa shape index (κ2) is 12.3. The molecule has 36 heavy (non-hydrogen) atoms. The zero-order valence-electron chi connectivity index (χ0n) is 21.2. The average molecular weight is 498 g/mol. The predicted octanol–water partition coefficient (Wildman–Crippen LogP) is 4.28. The summed E-state index contributed by atoms with van der Waals surface area (Å²) in [6.07, 6.45) is 0.567. The number of alkyl halides is 1. The minimum Gasteiger partial charge on any atom is -0.495 e. The van der Waals surface area contributed by atoms with Crippen molar-refractivity contribution in [1.29, 1.82) is 0 Å². The summed E-state index contributed by atoms with van der Waals surface area (Å²) in [6, 6.07) is 13.2. The molecule has 3 aromatic rings. The highest BCUT2D eigenvalue weighted by atomic mass is 19.1. The van der Waals surface area contributed by atoms with E-state index in [1.807, 2.05) is 61.2 Å². The first-order valence-electron chi connectivity index (χ1n) is 12.7. The van der Waals surface area contributed by atoms with Gasteiger partial charge in [-0.2, -0.15) is 0 Å². The van der Waals surface area contributed by atoms with Crippen LogP contribution in [0.1, 0.15) is 37.5 Å². The highest BCUT2D eigenvalue weighted by molar-refractivity contribution is 5.83. The normalized spacial score (nSPS) is 20.4. The van der Waals surface area contributed by atoms with Crippen molar-refractivity contribution in [3.63, 3.8) is 0 Å². The SMILES string of the molecule is CC.COc1cnc2cccc(C(O)CN3CCC(NCc4ccc5c(c4)OCCO5)C(F)C3)c2c1. The van der Waals surface area contributed by atoms with Crippen LogP contribution >= 0.6 is 0 Å². The summed E-state index contributed by atoms with van der Waals surface area (Å²) in [7, 11) is 1.59. The van der Waals surface area contributed by atoms with Crippen molar-refractivity contribution in [2.45, 2.75) is 45.1 Å². The summed E-state index contributed by atoms with van der Waals surface area (Å²) in [6.45, 7) is 7.03. The van der Waals surface area contributed by atoms with Gasteiger partial charge < -0.3 is 24.6 Å². The van der Waals surface area contributed by atoms with E-state index in [1.54, 1.807) is 13.3 Å². The largest absolute Gasteiger partial charge is 0.495 e. The molecule has 7 nitrogen and oxygen atoms in total. The Kier molecular flexibility index (Phi) is 8.96. The number of nitrogens with zero attached hydrogens (tertiary/aromatic N) is 2. The van der Waals surface area contributed by atoms with Crippen molar-refractivity contribution in [3.8, 4) is 17.2 Å². The molecule has 8 heteroatoms. The van der Waals surface area contributed by atoms with Crippen LogP contribution in [0.2, 0.25) is 0 Å². The zero-order valence-corrected chi connectivity index (χ0v) is 21.2. The Morgan fingerprint density at radius 1 is 1.17 bits per heavy atom. The lowest BCUT2D eigenvalue weighted by molar-refractivity contribution is 0.0571. The molecule has 3 heterocycles. The summed E-state index contributed by atoms with van der Waals surface area (Å²) in [5, 5.41) is 15.2. The number of hydrogen-bond acceptors (Lipinski definition) is 7. The van der Waals surface area contributed by atoms with Gasteiger partial charge in [0, 0.05) is 31.1 Å². The molecule has 194 valence electrons. The third-order valence-electron chi connectivity index (χ3n) is 6.56. The molecule has 0 saturated carbocycles. The van der Waals surface area contributed by atoms with Crippen molar-refractivity contribution in [2.24, 2.45) is 0 Å². The monoisotopic (exact) mass is 497 g/mol. The van der Waals surface area contributed by atoms with Crippen molar-refractivity contribution >= 4 is 10.9 Å². The fourth-order valence-corrected chi connectivity index (χ4v) is 4.71. The number of aromatic nitrogens is 1. The Balaban J connectivity index is 0.00000148. The number of ether oxygens (including phenoxy) is 3. The van der Waals surface area contributed by atoms with Gasteiger partial charge in [0.1, 0.15) is 25.1 Å². The minimum absolute atomic E-state index is 0.229. The molecule has 1 saturated heterocycles. The zero-order chi connectivity index (χ0) is 25.5. The summed E-state index contributed by atoms with van der Waals surface area (Å²) in [5.41, 5.74) is 2.61. The quantitative estimate of drug-likeness (QED) is 0.505. The van der Waals surface area contributed by atoms with E-state index in [1.165, 1.54) is 0 Å². The molecule has 5 rings (SSSR count). The maximum Gasteiger partial charge on any atom is 0.161 e. The van der Waals surface area contributed by atoms with Crippen LogP contribution in [0.5, 0.6) is 17.2 Å². The van der Waals surface area contributed by atoms with Gasteiger partial charge in [-0.15, -0.1) is 0 Å². The number of pyridine rings is 1. The van der Waals surface area contributed by atoms with Gasteiger partial charge in [-0.1, -0.05) is 32.0 Å². The van der Waals surface area contributed by atoms with E-state index in [0.717, 1.165) is 33.5 Å². The van der Waals surface area contributed by atoms with Gasteiger partial charge >= 0.3 is 0 Å². The lowest BCUT2D eigenvalue weighted by atomic mass is 9.99. The highest BCUT2D eigenvalue weighted by Crippen LogP contribution is 2.31. The summed E-state index contributed by atoms with van der Waals surface area (Å²) in [4.78, 5) is 6.39. The van der Waals surface area contributed by atoms with Crippen molar-refractivity contribution in [2.75, 3.05) is 40.0 Å². The van der Waals surface area contributed by atoms with Crippen molar-refractivity contribution in [1.82, 2.24) is 15.2 Å². The van der Waals surface area contributed by atoms with Crippen LogP contribution in [0.4, 0.5) is 4.39 Å². The Hall–Kier alpha value is -2.94. The third kappa shape index (κ3) is 6.06. The smallest absolute Gasteiger partial charge is 0.161 e. The number of β-amino-alcohol motifs (C(OH)–C–C–N with tert-alkyl or cyclic N) is 1. The number of benzene rings is 2. The number of piperidine rings is 1. The van der Waals surface area contributed by atoms with Gasteiger partial charge in [0.25, 0.3) is 0 Å². The summed E-state index contributed by atoms with van der Waals surface area (Å²) in [5.74, 6) is 2.14. The molecule has 1 fully saturated rings. The van der Waals surface area contributed by atoms with Gasteiger partial charge in [-0.3, -0.25) is 9.88 Å². The number of likely N-dealkylation sites (tertiary alicyclic amines) is 1. The Labute approximate surface area is 212 Å². The van der Waals surface area contributed by atoms with Crippen LogP contribution in [-0.2, 0) is 6.54 Å². The van der Waals surface area contributed by atoms with Crippen LogP contribution in [0.15, 0.2) is 48.7 Å². The van der Waals surface area contributed by atoms with E-state index in [0.29, 0.717) is 45.0 Å². The molecule has 2 aliphatic heterocycles. The maximum absolute atomic E-state index is 15.0. The first-order chi connectivity index (χ1) is 17.6. The standard InChI is InChI=1S/C26H30FN3O4.C2H6/c1-32-18-12-20-19(3-2-4-22(20)29-14-18)24(31)16-30-8-7-23(21(27)15-30)28-13-17-5-6-25-26(11-17)34-10-9-33-25;1-2/h2-6,11-12,14,21,23-24,28,31H,7-10,13,15-16H2,1H3;1-2H3. The minimum atomic E-state index is -1.02. The number of rotatable bonds is 7. The van der Waals surface area contributed by atoms with Gasteiger partial charge in [-0.25, -0.2) is 4.39 Å². The van der Waals surface area contributed by atoms with E-state index in [-0.39, 0.29) is 12.6 Å². The number of nitrogens with one attached hydrogen (secondary N) is 1. The van der Waals surface area contributed by atoms with Crippen LogP contribution in [0.3, 0.4) is 0 Å². The van der Waals surface area contributed by atoms with Crippen molar-refractivity contribution < 1.29 is 23.7 Å².